The molecule has 0 saturated carbocycles. The lowest BCUT2D eigenvalue weighted by Crippen LogP contribution is -2.39. The summed E-state index contributed by atoms with van der Waals surface area (Å²) in [6, 6.07) is 16.6. The molecular weight excluding hydrogens is 504 g/mol. The van der Waals surface area contributed by atoms with E-state index >= 15 is 0 Å². The van der Waals surface area contributed by atoms with Gasteiger partial charge in [0, 0.05) is 11.6 Å². The van der Waals surface area contributed by atoms with E-state index in [0.29, 0.717) is 37.7 Å². The molecule has 0 fully saturated rings. The number of fused-ring (bicyclic) bond motifs is 1. The van der Waals surface area contributed by atoms with Gasteiger partial charge in [-0.05, 0) is 44.0 Å². The van der Waals surface area contributed by atoms with Crippen molar-refractivity contribution in [2.75, 3.05) is 6.61 Å². The number of thiazole rings is 1. The molecule has 8 nitrogen and oxygen atoms in total. The smallest absolute Gasteiger partial charge is 0.338 e. The molecule has 1 unspecified atom stereocenters. The van der Waals surface area contributed by atoms with E-state index in [-0.39, 0.29) is 17.7 Å². The van der Waals surface area contributed by atoms with E-state index in [1.54, 1.807) is 44.2 Å². The third-order valence-electron chi connectivity index (χ3n) is 6.22. The van der Waals surface area contributed by atoms with Crippen molar-refractivity contribution in [3.8, 4) is 11.3 Å². The number of allylic oxidation sites excluding steroid dienone is 1. The number of carboxylic acids is 1. The maximum absolute atomic E-state index is 13.7. The Balaban J connectivity index is 1.59. The van der Waals surface area contributed by atoms with Crippen molar-refractivity contribution in [3.63, 3.8) is 0 Å². The van der Waals surface area contributed by atoms with Crippen LogP contribution in [0, 0.1) is 6.92 Å². The summed E-state index contributed by atoms with van der Waals surface area (Å²) in [4.78, 5) is 42.7. The molecule has 38 heavy (non-hydrogen) atoms. The van der Waals surface area contributed by atoms with Crippen LogP contribution in [0.2, 0.25) is 0 Å². The summed E-state index contributed by atoms with van der Waals surface area (Å²) in [7, 11) is 0. The van der Waals surface area contributed by atoms with E-state index in [1.165, 1.54) is 28.0 Å². The number of hydrogen-bond donors (Lipinski definition) is 0. The summed E-state index contributed by atoms with van der Waals surface area (Å²) in [5.74, 6) is -0.791. The van der Waals surface area contributed by atoms with Crippen molar-refractivity contribution in [2.45, 2.75) is 26.8 Å². The summed E-state index contributed by atoms with van der Waals surface area (Å²) in [5.41, 5.74) is 3.12. The van der Waals surface area contributed by atoms with Gasteiger partial charge in [-0.1, -0.05) is 65.4 Å². The van der Waals surface area contributed by atoms with Gasteiger partial charge in [-0.2, -0.15) is 0 Å². The summed E-state index contributed by atoms with van der Waals surface area (Å²) >= 11 is 1.21. The fourth-order valence-electron chi connectivity index (χ4n) is 4.34. The molecule has 5 rings (SSSR count). The number of aromatic carboxylic acids is 1. The van der Waals surface area contributed by atoms with Crippen LogP contribution in [-0.4, -0.2) is 23.1 Å². The van der Waals surface area contributed by atoms with Crippen LogP contribution in [0.15, 0.2) is 86.1 Å². The third kappa shape index (κ3) is 4.64. The maximum atomic E-state index is 13.7. The van der Waals surface area contributed by atoms with Crippen molar-refractivity contribution in [1.29, 1.82) is 0 Å². The van der Waals surface area contributed by atoms with Gasteiger partial charge in [-0.15, -0.1) is 0 Å². The minimum absolute atomic E-state index is 0.0715. The first-order valence-corrected chi connectivity index (χ1v) is 12.8. The Kier molecular flexibility index (Phi) is 6.69. The number of nitrogens with zero attached hydrogens (tertiary/aromatic N) is 2. The Hall–Kier alpha value is -4.50. The molecule has 4 aromatic rings. The maximum Gasteiger partial charge on any atom is 0.338 e. The number of ether oxygens (including phenoxy) is 1. The average molecular weight is 528 g/mol. The highest BCUT2D eigenvalue weighted by Gasteiger charge is 2.33. The molecule has 0 amide bonds. The largest absolute Gasteiger partial charge is 0.545 e. The quantitative estimate of drug-likeness (QED) is 0.356. The van der Waals surface area contributed by atoms with Gasteiger partial charge in [-0.3, -0.25) is 9.36 Å². The van der Waals surface area contributed by atoms with E-state index in [2.05, 4.69) is 4.99 Å². The summed E-state index contributed by atoms with van der Waals surface area (Å²) in [5, 5.41) is 11.0. The van der Waals surface area contributed by atoms with Crippen molar-refractivity contribution in [2.24, 2.45) is 4.99 Å². The first kappa shape index (κ1) is 25.2. The van der Waals surface area contributed by atoms with Crippen molar-refractivity contribution >= 4 is 29.4 Å². The number of carbonyl (C=O) groups is 2. The molecule has 0 spiro atoms. The molecule has 0 bridgehead atoms. The van der Waals surface area contributed by atoms with Gasteiger partial charge in [0.05, 0.1) is 34.4 Å². The van der Waals surface area contributed by atoms with E-state index in [9.17, 15) is 19.5 Å². The predicted molar refractivity (Wildman–Crippen MR) is 140 cm³/mol. The Morgan fingerprint density at radius 2 is 1.79 bits per heavy atom. The molecule has 192 valence electrons. The zero-order valence-electron chi connectivity index (χ0n) is 20.9. The first-order valence-electron chi connectivity index (χ1n) is 11.9. The standard InChI is InChI=1S/C29H24N2O6S/c1-4-36-28(35)24-17(3)30-29-31(25(24)19-7-5-16(2)6-8-19)26(32)23(38-29)15-21-13-14-22(37-21)18-9-11-20(12-10-18)27(33)34/h5-15,25H,4H2,1-3H3,(H,33,34)/p-1. The Bertz CT molecular complexity index is 1750. The van der Waals surface area contributed by atoms with Crippen LogP contribution < -0.4 is 20.0 Å². The summed E-state index contributed by atoms with van der Waals surface area (Å²) < 4.78 is 13.2. The normalized spacial score (nSPS) is 15.2. The minimum Gasteiger partial charge on any atom is -0.545 e. The zero-order chi connectivity index (χ0) is 27.0. The van der Waals surface area contributed by atoms with Crippen molar-refractivity contribution < 1.29 is 23.8 Å². The van der Waals surface area contributed by atoms with Crippen LogP contribution in [0.3, 0.4) is 0 Å². The third-order valence-corrected chi connectivity index (χ3v) is 7.20. The lowest BCUT2D eigenvalue weighted by atomic mass is 9.95. The van der Waals surface area contributed by atoms with Crippen LogP contribution in [0.1, 0.15) is 47.1 Å². The van der Waals surface area contributed by atoms with Crippen LogP contribution in [0.25, 0.3) is 17.4 Å². The van der Waals surface area contributed by atoms with E-state index in [1.807, 2.05) is 31.2 Å². The number of benzene rings is 2. The molecule has 0 radical (unpaired) electrons. The molecule has 2 aromatic carbocycles. The Labute approximate surface area is 221 Å². The first-order chi connectivity index (χ1) is 18.3. The van der Waals surface area contributed by atoms with E-state index in [4.69, 9.17) is 9.15 Å². The summed E-state index contributed by atoms with van der Waals surface area (Å²) in [6.07, 6.45) is 1.64. The predicted octanol–water partition coefficient (Wildman–Crippen LogP) is 2.73. The van der Waals surface area contributed by atoms with Crippen LogP contribution in [-0.2, 0) is 9.53 Å². The molecule has 2 aromatic heterocycles. The lowest BCUT2D eigenvalue weighted by molar-refractivity contribution is -0.255. The molecule has 1 aliphatic rings. The second-order valence-corrected chi connectivity index (χ2v) is 9.79. The van der Waals surface area contributed by atoms with Gasteiger partial charge < -0.3 is 19.1 Å². The molecule has 3 heterocycles. The topological polar surface area (TPSA) is 114 Å². The highest BCUT2D eigenvalue weighted by Crippen LogP contribution is 2.31. The molecular formula is C29H23N2O6S-. The molecule has 9 heteroatoms. The van der Waals surface area contributed by atoms with Crippen molar-refractivity contribution in [3.05, 3.63) is 114 Å². The van der Waals surface area contributed by atoms with Gasteiger partial charge in [0.1, 0.15) is 11.5 Å². The van der Waals surface area contributed by atoms with Gasteiger partial charge in [0.2, 0.25) is 0 Å². The van der Waals surface area contributed by atoms with Gasteiger partial charge >= 0.3 is 5.97 Å². The van der Waals surface area contributed by atoms with Crippen LogP contribution >= 0.6 is 11.3 Å². The number of aromatic nitrogens is 1. The summed E-state index contributed by atoms with van der Waals surface area (Å²) in [6.45, 7) is 5.66. The average Bonchev–Trinajstić information content (AvgIpc) is 3.48. The number of carbonyl (C=O) groups excluding carboxylic acids is 2. The Morgan fingerprint density at radius 1 is 1.08 bits per heavy atom. The van der Waals surface area contributed by atoms with E-state index < -0.39 is 18.0 Å². The zero-order valence-corrected chi connectivity index (χ0v) is 21.7. The van der Waals surface area contributed by atoms with E-state index in [0.717, 1.165) is 11.1 Å². The van der Waals surface area contributed by atoms with Gasteiger partial charge in [-0.25, -0.2) is 9.79 Å². The van der Waals surface area contributed by atoms with Crippen LogP contribution in [0.4, 0.5) is 0 Å². The number of rotatable bonds is 6. The molecule has 0 N–H and O–H groups in total. The van der Waals surface area contributed by atoms with Gasteiger partial charge in [0.15, 0.2) is 4.80 Å². The monoisotopic (exact) mass is 527 g/mol. The number of carboxylic acid groups (broad SMARTS) is 1. The second-order valence-electron chi connectivity index (χ2n) is 8.78. The SMILES string of the molecule is CCOC(=O)C1=C(C)N=c2sc(=Cc3ccc(-c4ccc(C(=O)[O-])cc4)o3)c(=O)n2C1c1ccc(C)cc1. The van der Waals surface area contributed by atoms with Crippen LogP contribution in [0.5, 0.6) is 0 Å². The number of esters is 1. The minimum atomic E-state index is -1.25. The fourth-order valence-corrected chi connectivity index (χ4v) is 5.37. The molecule has 1 aliphatic heterocycles. The second kappa shape index (κ2) is 10.1. The Morgan fingerprint density at radius 3 is 2.45 bits per heavy atom. The number of furan rings is 1. The van der Waals surface area contributed by atoms with Crippen molar-refractivity contribution in [1.82, 2.24) is 4.57 Å². The highest BCUT2D eigenvalue weighted by atomic mass is 32.1. The van der Waals surface area contributed by atoms with Gasteiger partial charge in [0.25, 0.3) is 5.56 Å². The fraction of sp³-hybridized carbons (Fsp3) is 0.172. The molecule has 0 saturated heterocycles. The highest BCUT2D eigenvalue weighted by molar-refractivity contribution is 7.07. The molecule has 1 atom stereocenters. The molecule has 0 aliphatic carbocycles. The number of hydrogen-bond acceptors (Lipinski definition) is 8. The number of aryl methyl sites for hydroxylation is 1. The lowest BCUT2D eigenvalue weighted by Gasteiger charge is -2.24.